The van der Waals surface area contributed by atoms with E-state index in [1.807, 2.05) is 13.8 Å². The number of allylic oxidation sites excluding steroid dienone is 4. The van der Waals surface area contributed by atoms with Crippen LogP contribution >= 0.6 is 0 Å². The highest BCUT2D eigenvalue weighted by atomic mass is 16.3. The third-order valence-corrected chi connectivity index (χ3v) is 2.70. The zero-order valence-electron chi connectivity index (χ0n) is 10.8. The van der Waals surface area contributed by atoms with Crippen molar-refractivity contribution in [2.24, 2.45) is 16.1 Å². The Kier molecular flexibility index (Phi) is 4.08. The van der Waals surface area contributed by atoms with Crippen LogP contribution in [0.15, 0.2) is 27.7 Å². The van der Waals surface area contributed by atoms with E-state index in [0.717, 1.165) is 6.21 Å². The van der Waals surface area contributed by atoms with Crippen LogP contribution in [-0.2, 0) is 4.79 Å². The van der Waals surface area contributed by atoms with Crippen molar-refractivity contribution in [2.75, 3.05) is 0 Å². The normalized spacial score (nSPS) is 19.9. The van der Waals surface area contributed by atoms with Crippen molar-refractivity contribution in [2.45, 2.75) is 26.7 Å². The van der Waals surface area contributed by atoms with Crippen molar-refractivity contribution in [3.8, 4) is 12.1 Å². The van der Waals surface area contributed by atoms with E-state index in [1.165, 1.54) is 0 Å². The Bertz CT molecular complexity index is 583. The third kappa shape index (κ3) is 3.43. The van der Waals surface area contributed by atoms with E-state index in [2.05, 4.69) is 4.99 Å². The molecule has 0 saturated heterocycles. The number of hydrogen-bond donors (Lipinski definition) is 2. The van der Waals surface area contributed by atoms with Gasteiger partial charge in [0.15, 0.2) is 11.5 Å². The topological polar surface area (TPSA) is 123 Å². The molecule has 0 aromatic rings. The molecule has 0 heterocycles. The van der Waals surface area contributed by atoms with E-state index in [1.54, 1.807) is 12.1 Å². The molecule has 1 aliphatic carbocycles. The Morgan fingerprint density at radius 1 is 1.42 bits per heavy atom. The number of aliphatic hydroxyl groups excluding tert-OH is 1. The van der Waals surface area contributed by atoms with Crippen LogP contribution in [0.3, 0.4) is 0 Å². The summed E-state index contributed by atoms with van der Waals surface area (Å²) in [5, 5.41) is 27.1. The number of nitrogens with zero attached hydrogens (tertiary/aromatic N) is 3. The number of carbonyl (C=O) groups excluding carboxylic acids is 1. The lowest BCUT2D eigenvalue weighted by Crippen LogP contribution is -2.26. The molecular weight excluding hydrogens is 244 g/mol. The maximum Gasteiger partial charge on any atom is 0.174 e. The summed E-state index contributed by atoms with van der Waals surface area (Å²) in [6, 6.07) is 3.25. The molecule has 0 atom stereocenters. The standard InChI is InChI=1S/C13H14N4O2/c1-13(2)3-11(18)8(12(19)4-13)7-17-10(6-15)9(16)5-14/h7,18H,3-4,16H2,1-2H3/b10-9+,17-7?. The molecule has 0 amide bonds. The van der Waals surface area contributed by atoms with Crippen LogP contribution < -0.4 is 5.73 Å². The molecule has 0 aromatic heterocycles. The summed E-state index contributed by atoms with van der Waals surface area (Å²) in [6.45, 7) is 3.76. The monoisotopic (exact) mass is 258 g/mol. The summed E-state index contributed by atoms with van der Waals surface area (Å²) in [7, 11) is 0. The van der Waals surface area contributed by atoms with Gasteiger partial charge in [-0.15, -0.1) is 0 Å². The van der Waals surface area contributed by atoms with Crippen LogP contribution in [0.1, 0.15) is 26.7 Å². The molecule has 3 N–H and O–H groups in total. The minimum Gasteiger partial charge on any atom is -0.511 e. The fourth-order valence-corrected chi connectivity index (χ4v) is 1.79. The first-order chi connectivity index (χ1) is 8.80. The summed E-state index contributed by atoms with van der Waals surface area (Å²) in [5.74, 6) is -0.303. The van der Waals surface area contributed by atoms with Crippen LogP contribution in [0.5, 0.6) is 0 Å². The van der Waals surface area contributed by atoms with Crippen molar-refractivity contribution < 1.29 is 9.90 Å². The summed E-state index contributed by atoms with van der Waals surface area (Å²) in [4.78, 5) is 15.5. The van der Waals surface area contributed by atoms with Gasteiger partial charge in [0.05, 0.1) is 5.57 Å². The SMILES string of the molecule is CC1(C)CC(=O)C(C=N/C(C#N)=C(/N)C#N)=C(O)C1. The predicted molar refractivity (Wildman–Crippen MR) is 68.6 cm³/mol. The molecule has 6 nitrogen and oxygen atoms in total. The summed E-state index contributed by atoms with van der Waals surface area (Å²) >= 11 is 0. The fourth-order valence-electron chi connectivity index (χ4n) is 1.79. The average molecular weight is 258 g/mol. The smallest absolute Gasteiger partial charge is 0.174 e. The number of aliphatic hydroxyl groups is 1. The van der Waals surface area contributed by atoms with Gasteiger partial charge in [-0.05, 0) is 5.41 Å². The number of hydrogen-bond acceptors (Lipinski definition) is 6. The van der Waals surface area contributed by atoms with Crippen molar-refractivity contribution >= 4 is 12.0 Å². The second kappa shape index (κ2) is 5.36. The van der Waals surface area contributed by atoms with Gasteiger partial charge in [-0.1, -0.05) is 13.8 Å². The predicted octanol–water partition coefficient (Wildman–Crippen LogP) is 1.48. The lowest BCUT2D eigenvalue weighted by atomic mass is 9.77. The van der Waals surface area contributed by atoms with Crippen molar-refractivity contribution in [1.29, 1.82) is 10.5 Å². The Labute approximate surface area is 111 Å². The van der Waals surface area contributed by atoms with Gasteiger partial charge in [0, 0.05) is 19.1 Å². The van der Waals surface area contributed by atoms with Gasteiger partial charge in [-0.25, -0.2) is 4.99 Å². The van der Waals surface area contributed by atoms with Crippen LogP contribution in [0, 0.1) is 28.1 Å². The molecule has 0 aromatic carbocycles. The second-order valence-corrected chi connectivity index (χ2v) is 5.05. The lowest BCUT2D eigenvalue weighted by molar-refractivity contribution is -0.117. The van der Waals surface area contributed by atoms with E-state index in [9.17, 15) is 9.90 Å². The van der Waals surface area contributed by atoms with Crippen LogP contribution in [-0.4, -0.2) is 17.1 Å². The van der Waals surface area contributed by atoms with Gasteiger partial charge in [-0.2, -0.15) is 10.5 Å². The Balaban J connectivity index is 3.11. The first-order valence-corrected chi connectivity index (χ1v) is 5.60. The summed E-state index contributed by atoms with van der Waals surface area (Å²) in [6.07, 6.45) is 1.74. The molecule has 0 saturated carbocycles. The number of ketones is 1. The highest BCUT2D eigenvalue weighted by Crippen LogP contribution is 2.35. The number of rotatable bonds is 2. The van der Waals surface area contributed by atoms with Crippen LogP contribution in [0.25, 0.3) is 0 Å². The number of carbonyl (C=O) groups is 1. The molecule has 0 radical (unpaired) electrons. The molecule has 0 fully saturated rings. The third-order valence-electron chi connectivity index (χ3n) is 2.70. The first-order valence-electron chi connectivity index (χ1n) is 5.60. The Morgan fingerprint density at radius 3 is 2.53 bits per heavy atom. The molecule has 0 unspecified atom stereocenters. The van der Waals surface area contributed by atoms with Gasteiger partial charge >= 0.3 is 0 Å². The van der Waals surface area contributed by atoms with E-state index < -0.39 is 0 Å². The van der Waals surface area contributed by atoms with Gasteiger partial charge in [-0.3, -0.25) is 4.79 Å². The van der Waals surface area contributed by atoms with E-state index in [0.29, 0.717) is 6.42 Å². The number of nitriles is 2. The van der Waals surface area contributed by atoms with Crippen LogP contribution in [0.2, 0.25) is 0 Å². The molecule has 0 bridgehead atoms. The Morgan fingerprint density at radius 2 is 2.05 bits per heavy atom. The minimum atomic E-state index is -0.331. The summed E-state index contributed by atoms with van der Waals surface area (Å²) in [5.41, 5.74) is 4.44. The fraction of sp³-hybridized carbons (Fsp3) is 0.385. The van der Waals surface area contributed by atoms with E-state index in [4.69, 9.17) is 16.3 Å². The van der Waals surface area contributed by atoms with Crippen molar-refractivity contribution in [3.05, 3.63) is 22.7 Å². The van der Waals surface area contributed by atoms with Gasteiger partial charge in [0.1, 0.15) is 23.6 Å². The Hall–Kier alpha value is -2.60. The number of nitrogens with two attached hydrogens (primary N) is 1. The molecule has 19 heavy (non-hydrogen) atoms. The number of aliphatic imine (C=N–C) groups is 1. The van der Waals surface area contributed by atoms with Gasteiger partial charge in [0.25, 0.3) is 0 Å². The lowest BCUT2D eigenvalue weighted by Gasteiger charge is -2.28. The second-order valence-electron chi connectivity index (χ2n) is 5.05. The highest BCUT2D eigenvalue weighted by Gasteiger charge is 2.32. The maximum atomic E-state index is 11.9. The largest absolute Gasteiger partial charge is 0.511 e. The first kappa shape index (κ1) is 14.5. The highest BCUT2D eigenvalue weighted by molar-refractivity contribution is 6.14. The zero-order chi connectivity index (χ0) is 14.6. The molecular formula is C13H14N4O2. The van der Waals surface area contributed by atoms with Gasteiger partial charge < -0.3 is 10.8 Å². The van der Waals surface area contributed by atoms with E-state index >= 15 is 0 Å². The van der Waals surface area contributed by atoms with Gasteiger partial charge in [0.2, 0.25) is 0 Å². The van der Waals surface area contributed by atoms with Crippen LogP contribution in [0.4, 0.5) is 0 Å². The molecule has 1 rings (SSSR count). The quantitative estimate of drug-likeness (QED) is 0.573. The summed E-state index contributed by atoms with van der Waals surface area (Å²) < 4.78 is 0. The number of Topliss-reactive ketones (excluding diaryl/α,β-unsaturated/α-hetero) is 1. The average Bonchev–Trinajstić information content (AvgIpc) is 2.30. The molecule has 0 spiro atoms. The zero-order valence-corrected chi connectivity index (χ0v) is 10.8. The maximum absolute atomic E-state index is 11.9. The van der Waals surface area contributed by atoms with Crippen molar-refractivity contribution in [1.82, 2.24) is 0 Å². The minimum absolute atomic E-state index is 0.0576. The van der Waals surface area contributed by atoms with E-state index in [-0.39, 0.29) is 40.3 Å². The van der Waals surface area contributed by atoms with Crippen molar-refractivity contribution in [3.63, 3.8) is 0 Å². The molecule has 6 heteroatoms. The molecule has 0 aliphatic heterocycles. The molecule has 98 valence electrons. The molecule has 1 aliphatic rings.